The summed E-state index contributed by atoms with van der Waals surface area (Å²) in [7, 11) is 0. The zero-order valence-electron chi connectivity index (χ0n) is 12.0. The second-order valence-electron chi connectivity index (χ2n) is 8.11. The molecule has 0 amide bonds. The van der Waals surface area contributed by atoms with Gasteiger partial charge in [-0.3, -0.25) is 4.79 Å². The summed E-state index contributed by atoms with van der Waals surface area (Å²) in [6.45, 7) is 0.280. The van der Waals surface area contributed by atoms with Gasteiger partial charge in [-0.1, -0.05) is 12.8 Å². The first kappa shape index (κ1) is 12.4. The van der Waals surface area contributed by atoms with Gasteiger partial charge in [-0.05, 0) is 74.5 Å². The molecule has 0 aromatic rings. The third kappa shape index (κ3) is 1.55. The fourth-order valence-corrected chi connectivity index (χ4v) is 6.98. The topological polar surface area (TPSA) is 43.1 Å². The molecule has 106 valence electrons. The van der Waals surface area contributed by atoms with Crippen LogP contribution in [0.4, 0.5) is 0 Å². The van der Waals surface area contributed by atoms with Crippen LogP contribution < -0.4 is 5.73 Å². The van der Waals surface area contributed by atoms with E-state index in [1.807, 2.05) is 0 Å². The van der Waals surface area contributed by atoms with Crippen molar-refractivity contribution in [2.24, 2.45) is 34.3 Å². The van der Waals surface area contributed by atoms with E-state index >= 15 is 0 Å². The van der Waals surface area contributed by atoms with Crippen LogP contribution in [0.25, 0.3) is 0 Å². The largest absolute Gasteiger partial charge is 0.324 e. The smallest absolute Gasteiger partial charge is 0.153 e. The van der Waals surface area contributed by atoms with E-state index in [2.05, 4.69) is 0 Å². The molecule has 0 saturated heterocycles. The third-order valence-electron chi connectivity index (χ3n) is 7.23. The van der Waals surface area contributed by atoms with Crippen molar-refractivity contribution in [3.63, 3.8) is 0 Å². The molecular weight excluding hydrogens is 234 g/mol. The molecule has 5 rings (SSSR count). The molecule has 2 N–H and O–H groups in total. The zero-order valence-corrected chi connectivity index (χ0v) is 12.0. The van der Waals surface area contributed by atoms with Gasteiger partial charge in [0.1, 0.15) is 0 Å². The zero-order chi connectivity index (χ0) is 13.1. The van der Waals surface area contributed by atoms with E-state index in [1.165, 1.54) is 51.4 Å². The van der Waals surface area contributed by atoms with Crippen LogP contribution in [-0.2, 0) is 4.79 Å². The highest BCUT2D eigenvalue weighted by Gasteiger charge is 2.62. The Morgan fingerprint density at radius 3 is 1.84 bits per heavy atom. The summed E-state index contributed by atoms with van der Waals surface area (Å²) >= 11 is 0. The van der Waals surface area contributed by atoms with E-state index in [-0.39, 0.29) is 12.0 Å². The molecule has 0 aromatic carbocycles. The Labute approximate surface area is 116 Å². The van der Waals surface area contributed by atoms with Gasteiger partial charge in [0.15, 0.2) is 5.78 Å². The van der Waals surface area contributed by atoms with Gasteiger partial charge in [0, 0.05) is 5.41 Å². The van der Waals surface area contributed by atoms with Crippen LogP contribution in [0.3, 0.4) is 0 Å². The van der Waals surface area contributed by atoms with Crippen LogP contribution in [-0.4, -0.2) is 12.3 Å². The molecule has 0 aromatic heterocycles. The van der Waals surface area contributed by atoms with E-state index < -0.39 is 0 Å². The highest BCUT2D eigenvalue weighted by atomic mass is 16.1. The molecule has 2 heteroatoms. The molecule has 0 heterocycles. The molecule has 0 spiro atoms. The minimum Gasteiger partial charge on any atom is -0.324 e. The molecule has 5 aliphatic carbocycles. The second-order valence-corrected chi connectivity index (χ2v) is 8.11. The van der Waals surface area contributed by atoms with Crippen LogP contribution in [0.2, 0.25) is 0 Å². The summed E-state index contributed by atoms with van der Waals surface area (Å²) in [5.74, 6) is 3.23. The summed E-state index contributed by atoms with van der Waals surface area (Å²) in [4.78, 5) is 12.7. The van der Waals surface area contributed by atoms with Crippen LogP contribution in [0.1, 0.15) is 64.2 Å². The van der Waals surface area contributed by atoms with E-state index in [9.17, 15) is 4.79 Å². The number of carbonyl (C=O) groups excluding carboxylic acids is 1. The number of nitrogens with two attached hydrogens (primary N) is 1. The van der Waals surface area contributed by atoms with Crippen molar-refractivity contribution < 1.29 is 4.79 Å². The third-order valence-corrected chi connectivity index (χ3v) is 7.23. The average Bonchev–Trinajstić information content (AvgIpc) is 2.87. The van der Waals surface area contributed by atoms with Gasteiger partial charge in [-0.2, -0.15) is 0 Å². The lowest BCUT2D eigenvalue weighted by molar-refractivity contribution is -0.159. The summed E-state index contributed by atoms with van der Waals surface area (Å²) in [6.07, 6.45) is 13.3. The first-order valence-corrected chi connectivity index (χ1v) is 8.41. The van der Waals surface area contributed by atoms with Crippen LogP contribution in [0.5, 0.6) is 0 Å². The maximum Gasteiger partial charge on any atom is 0.153 e. The monoisotopic (exact) mass is 261 g/mol. The van der Waals surface area contributed by atoms with Gasteiger partial charge in [0.05, 0.1) is 6.54 Å². The molecule has 0 atom stereocenters. The highest BCUT2D eigenvalue weighted by molar-refractivity contribution is 5.87. The molecule has 0 aliphatic heterocycles. The lowest BCUT2D eigenvalue weighted by Gasteiger charge is -2.63. The first-order chi connectivity index (χ1) is 9.17. The minimum atomic E-state index is -0.00222. The number of Topliss-reactive ketones (excluding diaryl/α,β-unsaturated/α-hetero) is 1. The molecule has 0 unspecified atom stereocenters. The molecule has 19 heavy (non-hydrogen) atoms. The van der Waals surface area contributed by atoms with Crippen molar-refractivity contribution >= 4 is 5.78 Å². The summed E-state index contributed by atoms with van der Waals surface area (Å²) < 4.78 is 0. The van der Waals surface area contributed by atoms with E-state index in [4.69, 9.17) is 5.73 Å². The van der Waals surface area contributed by atoms with Crippen LogP contribution in [0, 0.1) is 28.6 Å². The fraction of sp³-hybridized carbons (Fsp3) is 0.941. The van der Waals surface area contributed by atoms with Crippen molar-refractivity contribution in [2.45, 2.75) is 64.2 Å². The van der Waals surface area contributed by atoms with E-state index in [1.54, 1.807) is 0 Å². The van der Waals surface area contributed by atoms with Crippen molar-refractivity contribution in [3.05, 3.63) is 0 Å². The lowest BCUT2D eigenvalue weighted by Crippen LogP contribution is -2.57. The predicted octanol–water partition coefficient (Wildman–Crippen LogP) is 3.29. The number of ketones is 1. The van der Waals surface area contributed by atoms with Crippen molar-refractivity contribution in [1.82, 2.24) is 0 Å². The average molecular weight is 261 g/mol. The first-order valence-electron chi connectivity index (χ1n) is 8.41. The van der Waals surface area contributed by atoms with Gasteiger partial charge >= 0.3 is 0 Å². The lowest BCUT2D eigenvalue weighted by atomic mass is 9.41. The van der Waals surface area contributed by atoms with Crippen molar-refractivity contribution in [3.8, 4) is 0 Å². The summed E-state index contributed by atoms with van der Waals surface area (Å²) in [6, 6.07) is 0. The maximum atomic E-state index is 12.7. The fourth-order valence-electron chi connectivity index (χ4n) is 6.98. The number of hydrogen-bond donors (Lipinski definition) is 1. The molecule has 5 aliphatic rings. The Kier molecular flexibility index (Phi) is 2.65. The molecular formula is C17H27NO. The maximum absolute atomic E-state index is 12.7. The Morgan fingerprint density at radius 1 is 0.947 bits per heavy atom. The van der Waals surface area contributed by atoms with Crippen molar-refractivity contribution in [1.29, 1.82) is 0 Å². The predicted molar refractivity (Wildman–Crippen MR) is 75.6 cm³/mol. The molecule has 5 saturated carbocycles. The van der Waals surface area contributed by atoms with Gasteiger partial charge in [-0.15, -0.1) is 0 Å². The van der Waals surface area contributed by atoms with Crippen LogP contribution >= 0.6 is 0 Å². The second kappa shape index (κ2) is 4.07. The Hall–Kier alpha value is -0.370. The normalized spacial score (nSPS) is 46.7. The number of rotatable bonds is 3. The summed E-state index contributed by atoms with van der Waals surface area (Å²) in [5.41, 5.74) is 6.17. The Balaban J connectivity index is 1.74. The molecule has 4 bridgehead atoms. The van der Waals surface area contributed by atoms with Gasteiger partial charge in [0.2, 0.25) is 0 Å². The molecule has 0 radical (unpaired) electrons. The number of carbonyl (C=O) groups is 1. The SMILES string of the molecule is NCC(=O)C1(C23CC4CC(CC(C4)C2)C3)CCCC1. The van der Waals surface area contributed by atoms with Gasteiger partial charge in [0.25, 0.3) is 0 Å². The standard InChI is InChI=1S/C17H27NO/c18-11-15(19)17(3-1-2-4-17)16-8-12-5-13(9-16)7-14(6-12)10-16/h12-14H,1-11,18H2. The van der Waals surface area contributed by atoms with Crippen molar-refractivity contribution in [2.75, 3.05) is 6.54 Å². The van der Waals surface area contributed by atoms with Crippen LogP contribution in [0.15, 0.2) is 0 Å². The van der Waals surface area contributed by atoms with E-state index in [0.717, 1.165) is 30.6 Å². The summed E-state index contributed by atoms with van der Waals surface area (Å²) in [5, 5.41) is 0. The highest BCUT2D eigenvalue weighted by Crippen LogP contribution is 2.69. The molecule has 5 fully saturated rings. The minimum absolute atomic E-state index is 0.00222. The Morgan fingerprint density at radius 2 is 1.42 bits per heavy atom. The molecule has 2 nitrogen and oxygen atoms in total. The Bertz CT molecular complexity index is 359. The van der Waals surface area contributed by atoms with E-state index in [0.29, 0.717) is 11.2 Å². The quantitative estimate of drug-likeness (QED) is 0.847. The van der Waals surface area contributed by atoms with Gasteiger partial charge in [-0.25, -0.2) is 0 Å². The number of hydrogen-bond acceptors (Lipinski definition) is 2. The van der Waals surface area contributed by atoms with Gasteiger partial charge < -0.3 is 5.73 Å².